The van der Waals surface area contributed by atoms with Crippen molar-refractivity contribution in [3.63, 3.8) is 0 Å². The number of rotatable bonds is 8. The molecule has 0 spiro atoms. The Labute approximate surface area is 121 Å². The zero-order valence-corrected chi connectivity index (χ0v) is 13.4. The second-order valence-corrected chi connectivity index (χ2v) is 6.79. The third kappa shape index (κ3) is 5.15. The molecule has 0 aliphatic heterocycles. The molecule has 1 aromatic rings. The van der Waals surface area contributed by atoms with Gasteiger partial charge in [-0.15, -0.1) is 0 Å². The third-order valence-corrected chi connectivity index (χ3v) is 4.56. The molecule has 0 aliphatic rings. The van der Waals surface area contributed by atoms with Crippen molar-refractivity contribution in [2.24, 2.45) is 0 Å². The number of hydrogen-bond acceptors (Lipinski definition) is 5. The van der Waals surface area contributed by atoms with Gasteiger partial charge in [0.1, 0.15) is 0 Å². The van der Waals surface area contributed by atoms with E-state index in [9.17, 15) is 8.42 Å². The summed E-state index contributed by atoms with van der Waals surface area (Å²) in [5.74, 6) is 0. The van der Waals surface area contributed by atoms with Crippen LogP contribution in [0.4, 0.5) is 0 Å². The van der Waals surface area contributed by atoms with Gasteiger partial charge in [0.05, 0.1) is 17.6 Å². The van der Waals surface area contributed by atoms with E-state index in [1.165, 1.54) is 10.6 Å². The van der Waals surface area contributed by atoms with Gasteiger partial charge in [-0.2, -0.15) is 0 Å². The molecule has 1 unspecified atom stereocenters. The molecule has 0 amide bonds. The Hall–Kier alpha value is -1.05. The van der Waals surface area contributed by atoms with Crippen molar-refractivity contribution in [1.82, 2.24) is 19.6 Å². The van der Waals surface area contributed by atoms with Gasteiger partial charge in [-0.05, 0) is 26.8 Å². The first-order chi connectivity index (χ1) is 9.36. The van der Waals surface area contributed by atoms with Crippen LogP contribution in [-0.4, -0.2) is 48.6 Å². The van der Waals surface area contributed by atoms with Gasteiger partial charge in [0.25, 0.3) is 0 Å². The quantitative estimate of drug-likeness (QED) is 0.728. The average molecular weight is 300 g/mol. The summed E-state index contributed by atoms with van der Waals surface area (Å²) in [6, 6.07) is 0.108. The lowest BCUT2D eigenvalue weighted by Gasteiger charge is -2.19. The van der Waals surface area contributed by atoms with Crippen LogP contribution in [0.2, 0.25) is 0 Å². The molecule has 0 radical (unpaired) electrons. The molecule has 1 rings (SSSR count). The molecule has 0 aromatic carbocycles. The Balaban J connectivity index is 2.40. The molecule has 0 saturated heterocycles. The summed E-state index contributed by atoms with van der Waals surface area (Å²) in [4.78, 5) is 8.53. The molecule has 6 nitrogen and oxygen atoms in total. The van der Waals surface area contributed by atoms with Crippen molar-refractivity contribution in [2.45, 2.75) is 33.2 Å². The highest BCUT2D eigenvalue weighted by molar-refractivity contribution is 7.88. The summed E-state index contributed by atoms with van der Waals surface area (Å²) < 4.78 is 24.4. The lowest BCUT2D eigenvalue weighted by molar-refractivity contribution is 0.412. The van der Waals surface area contributed by atoms with Crippen molar-refractivity contribution in [1.29, 1.82) is 0 Å². The van der Waals surface area contributed by atoms with Gasteiger partial charge in [0.2, 0.25) is 10.0 Å². The van der Waals surface area contributed by atoms with Crippen LogP contribution in [0.1, 0.15) is 37.7 Å². The van der Waals surface area contributed by atoms with Crippen molar-refractivity contribution < 1.29 is 8.42 Å². The topological polar surface area (TPSA) is 75.2 Å². The fourth-order valence-electron chi connectivity index (χ4n) is 2.07. The number of nitrogens with zero attached hydrogens (tertiary/aromatic N) is 3. The maximum absolute atomic E-state index is 11.4. The molecule has 1 N–H and O–H groups in total. The summed E-state index contributed by atoms with van der Waals surface area (Å²) in [5.41, 5.74) is 1.85. The molecule has 0 bridgehead atoms. The Morgan fingerprint density at radius 3 is 2.55 bits per heavy atom. The Morgan fingerprint density at radius 1 is 1.35 bits per heavy atom. The first kappa shape index (κ1) is 17.0. The molecule has 1 atom stereocenters. The molecule has 0 aliphatic carbocycles. The highest BCUT2D eigenvalue weighted by atomic mass is 32.2. The lowest BCUT2D eigenvalue weighted by atomic mass is 10.2. The van der Waals surface area contributed by atoms with Gasteiger partial charge < -0.3 is 5.32 Å². The smallest absolute Gasteiger partial charge is 0.211 e. The first-order valence-electron chi connectivity index (χ1n) is 6.82. The molecule has 20 heavy (non-hydrogen) atoms. The maximum atomic E-state index is 11.4. The fraction of sp³-hybridized carbons (Fsp3) is 0.692. The summed E-state index contributed by atoms with van der Waals surface area (Å²) in [5, 5.41) is 3.35. The lowest BCUT2D eigenvalue weighted by Crippen LogP contribution is -2.33. The number of aromatic nitrogens is 2. The van der Waals surface area contributed by atoms with Crippen LogP contribution in [0.25, 0.3) is 0 Å². The van der Waals surface area contributed by atoms with Gasteiger partial charge in [-0.25, -0.2) is 12.7 Å². The van der Waals surface area contributed by atoms with E-state index in [0.717, 1.165) is 24.4 Å². The molecule has 0 saturated carbocycles. The van der Waals surface area contributed by atoms with Crippen LogP contribution in [0.15, 0.2) is 12.4 Å². The van der Waals surface area contributed by atoms with E-state index in [1.807, 2.05) is 20.8 Å². The molecule has 0 fully saturated rings. The summed E-state index contributed by atoms with van der Waals surface area (Å²) in [7, 11) is -3.09. The van der Waals surface area contributed by atoms with Crippen LogP contribution in [-0.2, 0) is 10.0 Å². The van der Waals surface area contributed by atoms with Crippen LogP contribution in [0.5, 0.6) is 0 Å². The minimum atomic E-state index is -3.09. The van der Waals surface area contributed by atoms with Crippen LogP contribution < -0.4 is 5.32 Å². The molecule has 114 valence electrons. The van der Waals surface area contributed by atoms with Crippen LogP contribution in [0, 0.1) is 6.92 Å². The van der Waals surface area contributed by atoms with Gasteiger partial charge >= 0.3 is 0 Å². The van der Waals surface area contributed by atoms with Gasteiger partial charge in [0.15, 0.2) is 0 Å². The summed E-state index contributed by atoms with van der Waals surface area (Å²) in [6.45, 7) is 7.60. The molecule has 1 aromatic heterocycles. The van der Waals surface area contributed by atoms with Crippen molar-refractivity contribution in [2.75, 3.05) is 25.9 Å². The van der Waals surface area contributed by atoms with Crippen LogP contribution in [0.3, 0.4) is 0 Å². The molecule has 1 heterocycles. The van der Waals surface area contributed by atoms with Crippen molar-refractivity contribution in [3.05, 3.63) is 23.8 Å². The molecule has 7 heteroatoms. The SMILES string of the molecule is CCN(CCCNC(C)c1nccnc1C)S(C)(=O)=O. The fourth-order valence-corrected chi connectivity index (χ4v) is 3.00. The van der Waals surface area contributed by atoms with Crippen molar-refractivity contribution >= 4 is 10.0 Å². The maximum Gasteiger partial charge on any atom is 0.211 e. The second kappa shape index (κ2) is 7.66. The Kier molecular flexibility index (Phi) is 6.51. The predicted molar refractivity (Wildman–Crippen MR) is 79.9 cm³/mol. The monoisotopic (exact) mass is 300 g/mol. The standard InChI is InChI=1S/C13H24N4O2S/c1-5-17(20(4,18)19)10-6-7-14-11(2)13-12(3)15-8-9-16-13/h8-9,11,14H,5-7,10H2,1-4H3. The zero-order chi connectivity index (χ0) is 15.2. The summed E-state index contributed by atoms with van der Waals surface area (Å²) in [6.07, 6.45) is 5.37. The van der Waals surface area contributed by atoms with E-state index in [4.69, 9.17) is 0 Å². The molecular formula is C13H24N4O2S. The average Bonchev–Trinajstić information content (AvgIpc) is 2.37. The minimum Gasteiger partial charge on any atom is -0.309 e. The molecular weight excluding hydrogens is 276 g/mol. The Morgan fingerprint density at radius 2 is 2.00 bits per heavy atom. The van der Waals surface area contributed by atoms with E-state index < -0.39 is 10.0 Å². The number of sulfonamides is 1. The first-order valence-corrected chi connectivity index (χ1v) is 8.67. The van der Waals surface area contributed by atoms with E-state index in [-0.39, 0.29) is 6.04 Å². The van der Waals surface area contributed by atoms with E-state index >= 15 is 0 Å². The Bertz CT molecular complexity index is 519. The predicted octanol–water partition coefficient (Wildman–Crippen LogP) is 1.11. The highest BCUT2D eigenvalue weighted by Gasteiger charge is 2.14. The van der Waals surface area contributed by atoms with Gasteiger partial charge in [-0.1, -0.05) is 6.92 Å². The van der Waals surface area contributed by atoms with E-state index in [1.54, 1.807) is 12.4 Å². The third-order valence-electron chi connectivity index (χ3n) is 3.19. The second-order valence-electron chi connectivity index (χ2n) is 4.81. The van der Waals surface area contributed by atoms with Crippen LogP contribution >= 0.6 is 0 Å². The van der Waals surface area contributed by atoms with E-state index in [0.29, 0.717) is 13.1 Å². The summed E-state index contributed by atoms with van der Waals surface area (Å²) >= 11 is 0. The number of nitrogens with one attached hydrogen (secondary N) is 1. The van der Waals surface area contributed by atoms with Crippen molar-refractivity contribution in [3.8, 4) is 0 Å². The number of aryl methyl sites for hydroxylation is 1. The number of hydrogen-bond donors (Lipinski definition) is 1. The van der Waals surface area contributed by atoms with Gasteiger partial charge in [-0.3, -0.25) is 9.97 Å². The highest BCUT2D eigenvalue weighted by Crippen LogP contribution is 2.11. The van der Waals surface area contributed by atoms with E-state index in [2.05, 4.69) is 15.3 Å². The van der Waals surface area contributed by atoms with Gasteiger partial charge in [0, 0.05) is 31.5 Å². The normalized spacial score (nSPS) is 13.7. The minimum absolute atomic E-state index is 0.108. The zero-order valence-electron chi connectivity index (χ0n) is 12.6. The largest absolute Gasteiger partial charge is 0.309 e.